The molecule has 1 amide bonds. The minimum Gasteiger partial charge on any atom is -0.324 e. The number of carbonyl (C=O) groups excluding carboxylic acids is 1. The maximum Gasteiger partial charge on any atom is 0.259 e. The maximum atomic E-state index is 12.9. The quantitative estimate of drug-likeness (QED) is 0.790. The van der Waals surface area contributed by atoms with Gasteiger partial charge in [-0.3, -0.25) is 4.79 Å². The molecule has 0 saturated carbocycles. The highest BCUT2D eigenvalue weighted by molar-refractivity contribution is 6.09. The van der Waals surface area contributed by atoms with E-state index in [2.05, 4.69) is 19.7 Å². The van der Waals surface area contributed by atoms with E-state index in [1.165, 1.54) is 0 Å². The Kier molecular flexibility index (Phi) is 4.90. The summed E-state index contributed by atoms with van der Waals surface area (Å²) in [6.45, 7) is 18.1. The van der Waals surface area contributed by atoms with Gasteiger partial charge in [0.05, 0.1) is 6.04 Å². The van der Waals surface area contributed by atoms with Crippen molar-refractivity contribution in [2.24, 2.45) is 5.73 Å². The Balaban J connectivity index is 2.44. The molecule has 0 aromatic heterocycles. The Bertz CT molecular complexity index is 685. The molecule has 0 bridgehead atoms. The predicted molar refractivity (Wildman–Crippen MR) is 96.9 cm³/mol. The minimum absolute atomic E-state index is 0.0118. The first-order valence-electron chi connectivity index (χ1n) is 7.96. The summed E-state index contributed by atoms with van der Waals surface area (Å²) >= 11 is 0. The first-order chi connectivity index (χ1) is 10.8. The zero-order chi connectivity index (χ0) is 17.3. The van der Waals surface area contributed by atoms with Gasteiger partial charge in [0.1, 0.15) is 0 Å². The molecule has 0 spiro atoms. The molecule has 2 rings (SSSR count). The van der Waals surface area contributed by atoms with Crippen LogP contribution in [0.2, 0.25) is 0 Å². The Morgan fingerprint density at radius 3 is 2.48 bits per heavy atom. The predicted octanol–water partition coefficient (Wildman–Crippen LogP) is 4.43. The van der Waals surface area contributed by atoms with E-state index in [-0.39, 0.29) is 18.0 Å². The molecule has 1 aliphatic heterocycles. The van der Waals surface area contributed by atoms with E-state index in [0.29, 0.717) is 5.56 Å². The molecular weight excluding hydrogens is 284 g/mol. The van der Waals surface area contributed by atoms with Crippen molar-refractivity contribution in [1.82, 2.24) is 4.90 Å². The summed E-state index contributed by atoms with van der Waals surface area (Å²) in [5, 5.41) is 0. The van der Waals surface area contributed by atoms with Gasteiger partial charge in [0, 0.05) is 22.9 Å². The van der Waals surface area contributed by atoms with Crippen LogP contribution in [-0.2, 0) is 0 Å². The molecule has 1 aromatic rings. The molecule has 2 N–H and O–H groups in total. The van der Waals surface area contributed by atoms with Crippen LogP contribution in [0.15, 0.2) is 49.1 Å². The summed E-state index contributed by atoms with van der Waals surface area (Å²) in [7, 11) is 0. The highest BCUT2D eigenvalue weighted by Gasteiger charge is 2.37. The fourth-order valence-electron chi connectivity index (χ4n) is 3.13. The second-order valence-electron chi connectivity index (χ2n) is 6.54. The van der Waals surface area contributed by atoms with E-state index < -0.39 is 0 Å². The number of nitrogens with two attached hydrogens (primary N) is 1. The maximum absolute atomic E-state index is 12.9. The van der Waals surface area contributed by atoms with Gasteiger partial charge in [0.15, 0.2) is 0 Å². The largest absolute Gasteiger partial charge is 0.324 e. The second-order valence-corrected chi connectivity index (χ2v) is 6.54. The number of carbonyl (C=O) groups is 1. The summed E-state index contributed by atoms with van der Waals surface area (Å²) < 4.78 is 0. The van der Waals surface area contributed by atoms with Crippen LogP contribution in [-0.4, -0.2) is 16.8 Å². The summed E-state index contributed by atoms with van der Waals surface area (Å²) in [6, 6.07) is 5.49. The Morgan fingerprint density at radius 1 is 1.30 bits per heavy atom. The molecule has 1 aliphatic rings. The smallest absolute Gasteiger partial charge is 0.259 e. The number of amides is 1. The fraction of sp³-hybridized carbons (Fsp3) is 0.350. The molecule has 0 radical (unpaired) electrons. The fourth-order valence-corrected chi connectivity index (χ4v) is 3.13. The third-order valence-electron chi connectivity index (χ3n) is 4.34. The lowest BCUT2D eigenvalue weighted by Gasteiger charge is -2.29. The number of nitrogens with zero attached hydrogens (tertiary/aromatic N) is 1. The van der Waals surface area contributed by atoms with Crippen LogP contribution in [0.4, 0.5) is 0 Å². The zero-order valence-electron chi connectivity index (χ0n) is 14.4. The summed E-state index contributed by atoms with van der Waals surface area (Å²) in [5.74, 6) is -0.0118. The van der Waals surface area contributed by atoms with E-state index in [9.17, 15) is 4.79 Å². The highest BCUT2D eigenvalue weighted by Crippen LogP contribution is 2.39. The van der Waals surface area contributed by atoms with Crippen LogP contribution in [0, 0.1) is 0 Å². The van der Waals surface area contributed by atoms with Gasteiger partial charge in [-0.05, 0) is 45.2 Å². The third kappa shape index (κ3) is 3.15. The first kappa shape index (κ1) is 17.2. The van der Waals surface area contributed by atoms with Crippen molar-refractivity contribution in [1.29, 1.82) is 0 Å². The van der Waals surface area contributed by atoms with Crippen molar-refractivity contribution in [3.8, 4) is 0 Å². The second kappa shape index (κ2) is 6.55. The van der Waals surface area contributed by atoms with E-state index in [4.69, 9.17) is 5.73 Å². The SMILES string of the molecule is C=C(C)CCC(C(=C)C)N1C(=C)c2c(cccc2C(C)N)C1=O. The summed E-state index contributed by atoms with van der Waals surface area (Å²) in [6.07, 6.45) is 1.65. The minimum atomic E-state index is -0.145. The molecular formula is C20H26N2O. The van der Waals surface area contributed by atoms with Crippen LogP contribution >= 0.6 is 0 Å². The third-order valence-corrected chi connectivity index (χ3v) is 4.34. The standard InChI is InChI=1S/C20H26N2O/c1-12(2)10-11-18(13(3)4)22-15(6)19-16(14(5)21)8-7-9-17(19)20(22)23/h7-9,14,18H,1,3,6,10-11,21H2,2,4-5H3. The van der Waals surface area contributed by atoms with Gasteiger partial charge in [-0.1, -0.05) is 36.4 Å². The normalized spacial score (nSPS) is 16.3. The molecule has 0 fully saturated rings. The average Bonchev–Trinajstić information content (AvgIpc) is 2.72. The van der Waals surface area contributed by atoms with E-state index in [1.807, 2.05) is 39.0 Å². The van der Waals surface area contributed by atoms with Crippen molar-refractivity contribution < 1.29 is 4.79 Å². The van der Waals surface area contributed by atoms with E-state index >= 15 is 0 Å². The van der Waals surface area contributed by atoms with Crippen molar-refractivity contribution in [2.75, 3.05) is 0 Å². The van der Waals surface area contributed by atoms with E-state index in [0.717, 1.165) is 40.8 Å². The molecule has 3 heteroatoms. The number of allylic oxidation sites excluding steroid dienone is 1. The van der Waals surface area contributed by atoms with Crippen LogP contribution in [0.5, 0.6) is 0 Å². The van der Waals surface area contributed by atoms with Crippen LogP contribution < -0.4 is 5.73 Å². The van der Waals surface area contributed by atoms with Gasteiger partial charge in [-0.25, -0.2) is 0 Å². The average molecular weight is 310 g/mol. The number of hydrogen-bond acceptors (Lipinski definition) is 2. The lowest BCUT2D eigenvalue weighted by molar-refractivity contribution is 0.0816. The van der Waals surface area contributed by atoms with Crippen molar-refractivity contribution in [2.45, 2.75) is 45.7 Å². The number of fused-ring (bicyclic) bond motifs is 1. The molecule has 0 saturated heterocycles. The number of rotatable bonds is 6. The highest BCUT2D eigenvalue weighted by atomic mass is 16.2. The lowest BCUT2D eigenvalue weighted by atomic mass is 9.97. The lowest BCUT2D eigenvalue weighted by Crippen LogP contribution is -2.35. The molecule has 2 unspecified atom stereocenters. The van der Waals surface area contributed by atoms with Crippen LogP contribution in [0.1, 0.15) is 61.1 Å². The van der Waals surface area contributed by atoms with Gasteiger partial charge in [-0.2, -0.15) is 0 Å². The zero-order valence-corrected chi connectivity index (χ0v) is 14.4. The molecule has 23 heavy (non-hydrogen) atoms. The van der Waals surface area contributed by atoms with Gasteiger partial charge < -0.3 is 10.6 Å². The molecule has 122 valence electrons. The molecule has 0 aliphatic carbocycles. The number of benzene rings is 1. The van der Waals surface area contributed by atoms with Gasteiger partial charge in [0.25, 0.3) is 5.91 Å². The monoisotopic (exact) mass is 310 g/mol. The van der Waals surface area contributed by atoms with E-state index in [1.54, 1.807) is 4.90 Å². The summed E-state index contributed by atoms with van der Waals surface area (Å²) in [5.41, 5.74) is 11.4. The van der Waals surface area contributed by atoms with Crippen molar-refractivity contribution in [3.05, 3.63) is 65.8 Å². The van der Waals surface area contributed by atoms with Crippen LogP contribution in [0.25, 0.3) is 5.70 Å². The Hall–Kier alpha value is -2.13. The number of hydrogen-bond donors (Lipinski definition) is 1. The molecule has 1 heterocycles. The molecule has 2 atom stereocenters. The molecule has 3 nitrogen and oxygen atoms in total. The Labute approximate surface area is 139 Å². The summed E-state index contributed by atoms with van der Waals surface area (Å²) in [4.78, 5) is 14.7. The van der Waals surface area contributed by atoms with Crippen LogP contribution in [0.3, 0.4) is 0 Å². The van der Waals surface area contributed by atoms with Crippen molar-refractivity contribution >= 4 is 11.6 Å². The topological polar surface area (TPSA) is 46.3 Å². The Morgan fingerprint density at radius 2 is 1.96 bits per heavy atom. The van der Waals surface area contributed by atoms with Gasteiger partial charge in [-0.15, -0.1) is 6.58 Å². The first-order valence-corrected chi connectivity index (χ1v) is 7.96. The van der Waals surface area contributed by atoms with Gasteiger partial charge in [0.2, 0.25) is 0 Å². The molecule has 1 aromatic carbocycles. The van der Waals surface area contributed by atoms with Gasteiger partial charge >= 0.3 is 0 Å². The van der Waals surface area contributed by atoms with Crippen molar-refractivity contribution in [3.63, 3.8) is 0 Å².